The molecule has 2 N–H and O–H groups in total. The number of quaternary nitrogens is 1. The van der Waals surface area contributed by atoms with Gasteiger partial charge in [0.15, 0.2) is 6.54 Å². The third-order valence-electron chi connectivity index (χ3n) is 3.91. The number of benzene rings is 2. The highest BCUT2D eigenvalue weighted by atomic mass is 35.5. The van der Waals surface area contributed by atoms with Gasteiger partial charge in [-0.1, -0.05) is 23.7 Å². The van der Waals surface area contributed by atoms with Gasteiger partial charge in [-0.2, -0.15) is 0 Å². The smallest absolute Gasteiger partial charge is 0.293 e. The monoisotopic (exact) mass is 378 g/mol. The van der Waals surface area contributed by atoms with Crippen molar-refractivity contribution in [3.8, 4) is 5.75 Å². The van der Waals surface area contributed by atoms with Crippen LogP contribution in [0.15, 0.2) is 36.4 Å². The maximum absolute atomic E-state index is 12.3. The maximum Gasteiger partial charge on any atom is 0.293 e. The van der Waals surface area contributed by atoms with Crippen LogP contribution in [0.1, 0.15) is 11.1 Å². The summed E-state index contributed by atoms with van der Waals surface area (Å²) in [5.74, 6) is 0.393. The van der Waals surface area contributed by atoms with E-state index >= 15 is 0 Å². The molecule has 7 nitrogen and oxygen atoms in total. The molecule has 0 radical (unpaired) electrons. The Morgan fingerprint density at radius 3 is 2.73 bits per heavy atom. The van der Waals surface area contributed by atoms with E-state index in [1.54, 1.807) is 44.4 Å². The van der Waals surface area contributed by atoms with Crippen LogP contribution in [-0.4, -0.2) is 31.5 Å². The molecule has 2 aromatic carbocycles. The topological polar surface area (TPSA) is 85.9 Å². The van der Waals surface area contributed by atoms with Crippen molar-refractivity contribution in [3.63, 3.8) is 0 Å². The quantitative estimate of drug-likeness (QED) is 0.571. The zero-order valence-electron chi connectivity index (χ0n) is 14.8. The summed E-state index contributed by atoms with van der Waals surface area (Å²) < 4.78 is 5.31. The zero-order valence-corrected chi connectivity index (χ0v) is 15.6. The first kappa shape index (κ1) is 19.7. The summed E-state index contributed by atoms with van der Waals surface area (Å²) in [7, 11) is 3.43. The fraction of sp³-hybridized carbons (Fsp3) is 0.278. The number of rotatable bonds is 7. The van der Waals surface area contributed by atoms with Crippen molar-refractivity contribution < 1.29 is 19.4 Å². The van der Waals surface area contributed by atoms with Crippen molar-refractivity contribution >= 4 is 28.9 Å². The second-order valence-electron chi connectivity index (χ2n) is 6.04. The Morgan fingerprint density at radius 1 is 1.35 bits per heavy atom. The van der Waals surface area contributed by atoms with Crippen LogP contribution in [0.3, 0.4) is 0 Å². The predicted octanol–water partition coefficient (Wildman–Crippen LogP) is 2.22. The van der Waals surface area contributed by atoms with Crippen molar-refractivity contribution in [1.29, 1.82) is 0 Å². The molecule has 0 spiro atoms. The summed E-state index contributed by atoms with van der Waals surface area (Å²) in [5, 5.41) is 14.4. The molecule has 2 aromatic rings. The van der Waals surface area contributed by atoms with Gasteiger partial charge in [0.25, 0.3) is 11.6 Å². The van der Waals surface area contributed by atoms with Gasteiger partial charge < -0.3 is 15.0 Å². The van der Waals surface area contributed by atoms with Gasteiger partial charge in [0.1, 0.15) is 18.0 Å². The summed E-state index contributed by atoms with van der Waals surface area (Å²) in [4.78, 5) is 23.9. The van der Waals surface area contributed by atoms with Gasteiger partial charge in [-0.25, -0.2) is 0 Å². The van der Waals surface area contributed by atoms with E-state index in [0.717, 1.165) is 10.5 Å². The molecule has 2 rings (SSSR count). The number of ether oxygens (including phenoxy) is 1. The molecule has 26 heavy (non-hydrogen) atoms. The second-order valence-corrected chi connectivity index (χ2v) is 6.48. The molecule has 0 aliphatic heterocycles. The lowest BCUT2D eigenvalue weighted by molar-refractivity contribution is -0.885. The van der Waals surface area contributed by atoms with E-state index in [0.29, 0.717) is 22.9 Å². The van der Waals surface area contributed by atoms with Crippen LogP contribution in [0, 0.1) is 17.0 Å². The van der Waals surface area contributed by atoms with E-state index in [2.05, 4.69) is 5.32 Å². The largest absolute Gasteiger partial charge is 0.496 e. The van der Waals surface area contributed by atoms with Crippen molar-refractivity contribution in [2.75, 3.05) is 26.0 Å². The average Bonchev–Trinajstić information content (AvgIpc) is 2.56. The summed E-state index contributed by atoms with van der Waals surface area (Å²) in [6, 6.07) is 10.00. The zero-order chi connectivity index (χ0) is 19.3. The number of likely N-dealkylation sites (N-methyl/N-ethyl adjacent to an activating group) is 1. The molecule has 0 heterocycles. The third-order valence-corrected chi connectivity index (χ3v) is 4.14. The molecule has 0 aliphatic rings. The van der Waals surface area contributed by atoms with Crippen LogP contribution in [0.25, 0.3) is 0 Å². The molecule has 0 aliphatic carbocycles. The number of nitro benzene ring substituents is 1. The number of amides is 1. The van der Waals surface area contributed by atoms with Gasteiger partial charge in [-0.3, -0.25) is 14.9 Å². The molecular formula is C18H21ClN3O4+. The Balaban J connectivity index is 2.07. The molecule has 8 heteroatoms. The van der Waals surface area contributed by atoms with Crippen LogP contribution < -0.4 is 15.0 Å². The molecule has 0 saturated carbocycles. The molecule has 1 unspecified atom stereocenters. The Kier molecular flexibility index (Phi) is 6.54. The first-order valence-electron chi connectivity index (χ1n) is 7.99. The lowest BCUT2D eigenvalue weighted by Crippen LogP contribution is -3.08. The Morgan fingerprint density at radius 2 is 2.08 bits per heavy atom. The first-order chi connectivity index (χ1) is 12.3. The number of methoxy groups -OCH3 is 1. The number of hydrogen-bond donors (Lipinski definition) is 2. The molecule has 1 amide bonds. The first-order valence-corrected chi connectivity index (χ1v) is 8.37. The molecule has 138 valence electrons. The van der Waals surface area contributed by atoms with E-state index in [-0.39, 0.29) is 23.8 Å². The summed E-state index contributed by atoms with van der Waals surface area (Å²) in [6.45, 7) is 2.38. The highest BCUT2D eigenvalue weighted by Gasteiger charge is 2.20. The molecule has 0 bridgehead atoms. The number of anilines is 1. The second kappa shape index (κ2) is 8.64. The van der Waals surface area contributed by atoms with E-state index in [4.69, 9.17) is 16.3 Å². The van der Waals surface area contributed by atoms with Gasteiger partial charge in [-0.05, 0) is 30.7 Å². The minimum atomic E-state index is -0.504. The van der Waals surface area contributed by atoms with Crippen LogP contribution in [0.5, 0.6) is 5.75 Å². The van der Waals surface area contributed by atoms with Crippen LogP contribution in [-0.2, 0) is 11.3 Å². The molecular weight excluding hydrogens is 358 g/mol. The van der Waals surface area contributed by atoms with Gasteiger partial charge in [0, 0.05) is 16.7 Å². The number of nitrogens with zero attached hydrogens (tertiary/aromatic N) is 1. The summed E-state index contributed by atoms with van der Waals surface area (Å²) >= 11 is 6.03. The Bertz CT molecular complexity index is 826. The molecule has 0 saturated heterocycles. The van der Waals surface area contributed by atoms with Gasteiger partial charge in [0.2, 0.25) is 0 Å². The van der Waals surface area contributed by atoms with Crippen molar-refractivity contribution in [2.24, 2.45) is 0 Å². The van der Waals surface area contributed by atoms with Gasteiger partial charge >= 0.3 is 0 Å². The third kappa shape index (κ3) is 4.93. The Labute approximate surface area is 156 Å². The van der Waals surface area contributed by atoms with E-state index < -0.39 is 4.92 Å². The number of halogens is 1. The van der Waals surface area contributed by atoms with E-state index in [9.17, 15) is 14.9 Å². The summed E-state index contributed by atoms with van der Waals surface area (Å²) in [5.41, 5.74) is 1.64. The maximum atomic E-state index is 12.3. The fourth-order valence-electron chi connectivity index (χ4n) is 2.70. The number of nitrogens with one attached hydrogen (secondary N) is 2. The fourth-order valence-corrected chi connectivity index (χ4v) is 2.89. The standard InChI is InChI=1S/C18H20ClN3O4/c1-12-5-4-6-15(22(24)25)18(12)20-17(23)11-21(2)10-13-9-14(19)7-8-16(13)26-3/h4-9H,10-11H2,1-3H3,(H,20,23)/p+1. The molecule has 1 atom stereocenters. The van der Waals surface area contributed by atoms with Gasteiger partial charge in [0.05, 0.1) is 19.1 Å². The van der Waals surface area contributed by atoms with Gasteiger partial charge in [-0.15, -0.1) is 0 Å². The number of hydrogen-bond acceptors (Lipinski definition) is 4. The predicted molar refractivity (Wildman–Crippen MR) is 99.9 cm³/mol. The lowest BCUT2D eigenvalue weighted by Gasteiger charge is -2.16. The number of nitro groups is 1. The number of para-hydroxylation sites is 1. The number of carbonyl (C=O) groups excluding carboxylic acids is 1. The van der Waals surface area contributed by atoms with Crippen LogP contribution >= 0.6 is 11.6 Å². The number of carbonyl (C=O) groups is 1. The van der Waals surface area contributed by atoms with E-state index in [1.807, 2.05) is 7.05 Å². The minimum Gasteiger partial charge on any atom is -0.496 e. The number of aryl methyl sites for hydroxylation is 1. The van der Waals surface area contributed by atoms with Crippen molar-refractivity contribution in [2.45, 2.75) is 13.5 Å². The Hall–Kier alpha value is -2.64. The van der Waals surface area contributed by atoms with Crippen molar-refractivity contribution in [3.05, 3.63) is 62.7 Å². The molecule has 0 aromatic heterocycles. The van der Waals surface area contributed by atoms with E-state index in [1.165, 1.54) is 6.07 Å². The van der Waals surface area contributed by atoms with Crippen LogP contribution in [0.2, 0.25) is 5.02 Å². The summed E-state index contributed by atoms with van der Waals surface area (Å²) in [6.07, 6.45) is 0. The SMILES string of the molecule is COc1ccc(Cl)cc1C[NH+](C)CC(=O)Nc1c(C)cccc1[N+](=O)[O-]. The highest BCUT2D eigenvalue weighted by molar-refractivity contribution is 6.30. The highest BCUT2D eigenvalue weighted by Crippen LogP contribution is 2.27. The average molecular weight is 379 g/mol. The normalized spacial score (nSPS) is 11.7. The molecule has 0 fully saturated rings. The minimum absolute atomic E-state index is 0.118. The van der Waals surface area contributed by atoms with Crippen LogP contribution in [0.4, 0.5) is 11.4 Å². The lowest BCUT2D eigenvalue weighted by atomic mass is 10.1. The van der Waals surface area contributed by atoms with Crippen molar-refractivity contribution in [1.82, 2.24) is 0 Å².